The van der Waals surface area contributed by atoms with Gasteiger partial charge in [0.25, 0.3) is 5.91 Å². The number of hydrogen-bond acceptors (Lipinski definition) is 4. The number of rotatable bonds is 2. The van der Waals surface area contributed by atoms with Gasteiger partial charge in [0, 0.05) is 38.7 Å². The van der Waals surface area contributed by atoms with Gasteiger partial charge in [-0.15, -0.1) is 0 Å². The fraction of sp³-hybridized carbons (Fsp3) is 0.643. The Morgan fingerprint density at radius 2 is 2.00 bits per heavy atom. The van der Waals surface area contributed by atoms with Gasteiger partial charge in [0.05, 0.1) is 18.9 Å². The summed E-state index contributed by atoms with van der Waals surface area (Å²) in [4.78, 5) is 14.4. The van der Waals surface area contributed by atoms with Crippen LogP contribution in [0.3, 0.4) is 0 Å². The molecule has 0 atom stereocenters. The van der Waals surface area contributed by atoms with Crippen LogP contribution in [0.25, 0.3) is 0 Å². The van der Waals surface area contributed by atoms with E-state index in [1.807, 2.05) is 22.6 Å². The molecule has 0 aromatic carbocycles. The average Bonchev–Trinajstić information content (AvgIpc) is 3.06. The van der Waals surface area contributed by atoms with Gasteiger partial charge in [0.15, 0.2) is 5.79 Å². The van der Waals surface area contributed by atoms with Crippen molar-refractivity contribution in [3.8, 4) is 0 Å². The van der Waals surface area contributed by atoms with Crippen molar-refractivity contribution < 1.29 is 14.3 Å². The van der Waals surface area contributed by atoms with E-state index in [9.17, 15) is 4.79 Å². The first kappa shape index (κ1) is 13.5. The summed E-state index contributed by atoms with van der Waals surface area (Å²) in [6, 6.07) is 1.75. The highest BCUT2D eigenvalue weighted by atomic mass is 16.7. The van der Waals surface area contributed by atoms with E-state index < -0.39 is 5.79 Å². The van der Waals surface area contributed by atoms with Crippen molar-refractivity contribution in [1.29, 1.82) is 0 Å². The van der Waals surface area contributed by atoms with Gasteiger partial charge in [0.1, 0.15) is 5.69 Å². The number of nitrogens with zero attached hydrogens (tertiary/aromatic N) is 2. The van der Waals surface area contributed by atoms with Gasteiger partial charge in [-0.25, -0.2) is 0 Å². The number of ether oxygens (including phenoxy) is 2. The molecule has 20 heavy (non-hydrogen) atoms. The highest BCUT2D eigenvalue weighted by Gasteiger charge is 2.41. The third kappa shape index (κ3) is 2.29. The molecule has 3 heterocycles. The van der Waals surface area contributed by atoms with E-state index in [1.54, 1.807) is 6.07 Å². The first-order valence-corrected chi connectivity index (χ1v) is 7.16. The van der Waals surface area contributed by atoms with Crippen molar-refractivity contribution in [1.82, 2.24) is 9.47 Å². The number of aryl methyl sites for hydroxylation is 1. The number of nitrogens with two attached hydrogens (primary N) is 1. The maximum absolute atomic E-state index is 12.6. The third-order valence-electron chi connectivity index (χ3n) is 4.10. The van der Waals surface area contributed by atoms with Gasteiger partial charge < -0.3 is 24.7 Å². The van der Waals surface area contributed by atoms with Crippen molar-refractivity contribution in [2.24, 2.45) is 0 Å². The highest BCUT2D eigenvalue weighted by Crippen LogP contribution is 2.31. The van der Waals surface area contributed by atoms with Gasteiger partial charge in [-0.2, -0.15) is 0 Å². The second-order valence-corrected chi connectivity index (χ2v) is 5.34. The molecular formula is C14H21N3O3. The van der Waals surface area contributed by atoms with Gasteiger partial charge in [-0.1, -0.05) is 0 Å². The van der Waals surface area contributed by atoms with Gasteiger partial charge in [0.2, 0.25) is 0 Å². The largest absolute Gasteiger partial charge is 0.397 e. The molecular weight excluding hydrogens is 258 g/mol. The number of carbonyl (C=O) groups excluding carboxylic acids is 1. The smallest absolute Gasteiger partial charge is 0.270 e. The number of nitrogen functional groups attached to an aromatic ring is 1. The lowest BCUT2D eigenvalue weighted by Gasteiger charge is -2.37. The number of aromatic nitrogens is 1. The molecule has 2 aliphatic heterocycles. The highest BCUT2D eigenvalue weighted by molar-refractivity contribution is 5.94. The minimum absolute atomic E-state index is 0.0383. The van der Waals surface area contributed by atoms with Gasteiger partial charge in [-0.05, 0) is 13.0 Å². The summed E-state index contributed by atoms with van der Waals surface area (Å²) < 4.78 is 13.3. The van der Waals surface area contributed by atoms with E-state index in [1.165, 1.54) is 0 Å². The zero-order valence-electron chi connectivity index (χ0n) is 11.8. The van der Waals surface area contributed by atoms with Crippen molar-refractivity contribution in [2.45, 2.75) is 32.1 Å². The molecule has 3 rings (SSSR count). The zero-order chi connectivity index (χ0) is 14.2. The van der Waals surface area contributed by atoms with E-state index in [4.69, 9.17) is 15.2 Å². The molecule has 0 saturated carbocycles. The Bertz CT molecular complexity index is 496. The van der Waals surface area contributed by atoms with E-state index >= 15 is 0 Å². The number of amides is 1. The molecule has 0 bridgehead atoms. The Morgan fingerprint density at radius 1 is 1.35 bits per heavy atom. The third-order valence-corrected chi connectivity index (χ3v) is 4.10. The molecule has 2 fully saturated rings. The topological polar surface area (TPSA) is 69.7 Å². The number of likely N-dealkylation sites (tertiary alicyclic amines) is 1. The molecule has 0 unspecified atom stereocenters. The molecule has 1 amide bonds. The number of hydrogen-bond donors (Lipinski definition) is 1. The Kier molecular flexibility index (Phi) is 3.43. The molecule has 1 spiro atoms. The predicted molar refractivity (Wildman–Crippen MR) is 74.3 cm³/mol. The van der Waals surface area contributed by atoms with E-state index in [-0.39, 0.29) is 5.91 Å². The van der Waals surface area contributed by atoms with Crippen molar-refractivity contribution in [3.63, 3.8) is 0 Å². The van der Waals surface area contributed by atoms with Crippen LogP contribution in [0, 0.1) is 0 Å². The van der Waals surface area contributed by atoms with Crippen LogP contribution in [-0.4, -0.2) is 47.5 Å². The van der Waals surface area contributed by atoms with Crippen molar-refractivity contribution >= 4 is 11.6 Å². The average molecular weight is 279 g/mol. The monoisotopic (exact) mass is 279 g/mol. The standard InChI is InChI=1S/C14H21N3O3/c1-2-16-10-11(15)9-12(16)13(18)17-5-3-14(4-6-17)19-7-8-20-14/h9-10H,2-8,15H2,1H3. The van der Waals surface area contributed by atoms with Crippen LogP contribution >= 0.6 is 0 Å². The molecule has 1 aromatic heterocycles. The number of anilines is 1. The fourth-order valence-electron chi connectivity index (χ4n) is 2.97. The second-order valence-electron chi connectivity index (χ2n) is 5.34. The molecule has 1 aromatic rings. The normalized spacial score (nSPS) is 21.6. The molecule has 110 valence electrons. The SMILES string of the molecule is CCn1cc(N)cc1C(=O)N1CCC2(CC1)OCCO2. The van der Waals surface area contributed by atoms with Crippen molar-refractivity contribution in [2.75, 3.05) is 32.0 Å². The maximum atomic E-state index is 12.6. The van der Waals surface area contributed by atoms with Crippen LogP contribution in [-0.2, 0) is 16.0 Å². The summed E-state index contributed by atoms with van der Waals surface area (Å²) in [5, 5.41) is 0. The van der Waals surface area contributed by atoms with E-state index in [0.29, 0.717) is 37.7 Å². The number of piperidine rings is 1. The lowest BCUT2D eigenvalue weighted by molar-refractivity contribution is -0.181. The quantitative estimate of drug-likeness (QED) is 0.879. The first-order valence-electron chi connectivity index (χ1n) is 7.16. The fourth-order valence-corrected chi connectivity index (χ4v) is 2.97. The Morgan fingerprint density at radius 3 is 2.60 bits per heavy atom. The van der Waals surface area contributed by atoms with Crippen LogP contribution in [0.1, 0.15) is 30.3 Å². The zero-order valence-corrected chi connectivity index (χ0v) is 11.8. The lowest BCUT2D eigenvalue weighted by atomic mass is 10.0. The molecule has 2 aliphatic rings. The first-order chi connectivity index (χ1) is 9.63. The molecule has 2 N–H and O–H groups in total. The van der Waals surface area contributed by atoms with E-state index in [2.05, 4.69) is 0 Å². The molecule has 0 aliphatic carbocycles. The Balaban J connectivity index is 1.69. The Hall–Kier alpha value is -1.53. The van der Waals surface area contributed by atoms with Crippen molar-refractivity contribution in [3.05, 3.63) is 18.0 Å². The van der Waals surface area contributed by atoms with E-state index in [0.717, 1.165) is 19.4 Å². The summed E-state index contributed by atoms with van der Waals surface area (Å²) in [7, 11) is 0. The Labute approximate surface area is 118 Å². The predicted octanol–water partition coefficient (Wildman–Crippen LogP) is 1.07. The number of carbonyl (C=O) groups is 1. The lowest BCUT2D eigenvalue weighted by Crippen LogP contribution is -2.47. The van der Waals surface area contributed by atoms with Gasteiger partial charge >= 0.3 is 0 Å². The molecule has 6 nitrogen and oxygen atoms in total. The molecule has 6 heteroatoms. The van der Waals surface area contributed by atoms with Crippen LogP contribution in [0.2, 0.25) is 0 Å². The van der Waals surface area contributed by atoms with Gasteiger partial charge in [-0.3, -0.25) is 4.79 Å². The summed E-state index contributed by atoms with van der Waals surface area (Å²) in [6.07, 6.45) is 3.28. The summed E-state index contributed by atoms with van der Waals surface area (Å²) in [6.45, 7) is 5.37. The maximum Gasteiger partial charge on any atom is 0.270 e. The van der Waals surface area contributed by atoms with Crippen LogP contribution in [0.4, 0.5) is 5.69 Å². The second kappa shape index (κ2) is 5.10. The summed E-state index contributed by atoms with van der Waals surface area (Å²) in [5.74, 6) is -0.404. The van der Waals surface area contributed by atoms with Crippen LogP contribution in [0.5, 0.6) is 0 Å². The summed E-state index contributed by atoms with van der Waals surface area (Å²) >= 11 is 0. The molecule has 2 saturated heterocycles. The minimum atomic E-state index is -0.442. The van der Waals surface area contributed by atoms with Crippen LogP contribution in [0.15, 0.2) is 12.3 Å². The minimum Gasteiger partial charge on any atom is -0.397 e. The summed E-state index contributed by atoms with van der Waals surface area (Å²) in [5.41, 5.74) is 7.08. The molecule has 0 radical (unpaired) electrons. The van der Waals surface area contributed by atoms with Crippen LogP contribution < -0.4 is 5.73 Å².